The summed E-state index contributed by atoms with van der Waals surface area (Å²) in [7, 11) is 1.29. The summed E-state index contributed by atoms with van der Waals surface area (Å²) in [6.45, 7) is 0. The Kier molecular flexibility index (Phi) is 2.17. The minimum Gasteiger partial charge on any atom is -0.466 e. The van der Waals surface area contributed by atoms with Crippen LogP contribution in [0.1, 0.15) is 8.30 Å². The SMILES string of the molecule is [2H]c1cccc(/C=C/C(=O)OC)c1[2H]. The molecule has 0 aromatic heterocycles. The molecule has 0 saturated heterocycles. The van der Waals surface area contributed by atoms with E-state index in [2.05, 4.69) is 4.74 Å². The van der Waals surface area contributed by atoms with Crippen molar-refractivity contribution < 1.29 is 12.3 Å². The quantitative estimate of drug-likeness (QED) is 0.492. The number of carbonyl (C=O) groups excluding carboxylic acids is 1. The summed E-state index contributed by atoms with van der Waals surface area (Å²) >= 11 is 0. The van der Waals surface area contributed by atoms with E-state index in [1.54, 1.807) is 12.1 Å². The van der Waals surface area contributed by atoms with Crippen LogP contribution in [0.3, 0.4) is 0 Å². The van der Waals surface area contributed by atoms with E-state index in [0.29, 0.717) is 5.56 Å². The second-order valence-electron chi connectivity index (χ2n) is 2.11. The van der Waals surface area contributed by atoms with Gasteiger partial charge in [-0.15, -0.1) is 0 Å². The van der Waals surface area contributed by atoms with Crippen molar-refractivity contribution in [3.8, 4) is 0 Å². The van der Waals surface area contributed by atoms with E-state index < -0.39 is 5.97 Å². The molecular weight excluding hydrogens is 152 g/mol. The van der Waals surface area contributed by atoms with Gasteiger partial charge >= 0.3 is 5.97 Å². The number of carbonyl (C=O) groups is 1. The Balaban J connectivity index is 2.92. The van der Waals surface area contributed by atoms with E-state index in [1.807, 2.05) is 0 Å². The summed E-state index contributed by atoms with van der Waals surface area (Å²) in [6, 6.07) is 5.10. The van der Waals surface area contributed by atoms with Gasteiger partial charge < -0.3 is 4.74 Å². The van der Waals surface area contributed by atoms with Crippen molar-refractivity contribution in [2.24, 2.45) is 0 Å². The first-order valence-corrected chi connectivity index (χ1v) is 3.47. The number of hydrogen-bond donors (Lipinski definition) is 0. The summed E-state index contributed by atoms with van der Waals surface area (Å²) in [5.74, 6) is -0.472. The van der Waals surface area contributed by atoms with Gasteiger partial charge in [-0.25, -0.2) is 4.79 Å². The number of ether oxygens (including phenoxy) is 1. The van der Waals surface area contributed by atoms with E-state index >= 15 is 0 Å². The zero-order chi connectivity index (χ0) is 10.6. The third-order valence-corrected chi connectivity index (χ3v) is 1.27. The Bertz CT molecular complexity index is 372. The molecule has 0 N–H and O–H groups in total. The van der Waals surface area contributed by atoms with Gasteiger partial charge in [0.05, 0.1) is 9.85 Å². The van der Waals surface area contributed by atoms with Crippen LogP contribution < -0.4 is 0 Å². The maximum Gasteiger partial charge on any atom is 0.330 e. The van der Waals surface area contributed by atoms with Gasteiger partial charge in [-0.2, -0.15) is 0 Å². The minimum absolute atomic E-state index is 0.104. The summed E-state index contributed by atoms with van der Waals surface area (Å²) in [5, 5.41) is 0. The highest BCUT2D eigenvalue weighted by Gasteiger charge is 1.89. The van der Waals surface area contributed by atoms with Crippen LogP contribution in [-0.2, 0) is 9.53 Å². The molecule has 0 fully saturated rings. The molecule has 0 heterocycles. The van der Waals surface area contributed by atoms with Crippen molar-refractivity contribution in [3.05, 3.63) is 41.9 Å². The topological polar surface area (TPSA) is 26.3 Å². The van der Waals surface area contributed by atoms with Crippen LogP contribution in [-0.4, -0.2) is 13.1 Å². The Hall–Kier alpha value is -1.57. The standard InChI is InChI=1S/C10H10O2/c1-12-10(11)8-7-9-5-3-2-4-6-9/h2-8H,1H3/b8-7+/i3D,5D. The van der Waals surface area contributed by atoms with Crippen molar-refractivity contribution in [1.29, 1.82) is 0 Å². The largest absolute Gasteiger partial charge is 0.466 e. The Morgan fingerprint density at radius 1 is 1.67 bits per heavy atom. The van der Waals surface area contributed by atoms with E-state index in [9.17, 15) is 4.79 Å². The summed E-state index contributed by atoms with van der Waals surface area (Å²) < 4.78 is 19.3. The van der Waals surface area contributed by atoms with Gasteiger partial charge in [0.25, 0.3) is 0 Å². The monoisotopic (exact) mass is 164 g/mol. The fourth-order valence-corrected chi connectivity index (χ4v) is 0.690. The van der Waals surface area contributed by atoms with Gasteiger partial charge in [0.1, 0.15) is 0 Å². The van der Waals surface area contributed by atoms with Crippen LogP contribution in [0.2, 0.25) is 0 Å². The smallest absolute Gasteiger partial charge is 0.330 e. The van der Waals surface area contributed by atoms with Crippen LogP contribution in [0.25, 0.3) is 6.08 Å². The zero-order valence-corrected chi connectivity index (χ0v) is 6.70. The maximum absolute atomic E-state index is 10.8. The molecule has 0 amide bonds. The molecule has 1 aromatic rings. The first-order valence-electron chi connectivity index (χ1n) is 4.47. The first kappa shape index (κ1) is 6.00. The molecule has 0 aliphatic rings. The molecule has 12 heavy (non-hydrogen) atoms. The lowest BCUT2D eigenvalue weighted by Crippen LogP contribution is -1.92. The summed E-state index contributed by atoms with van der Waals surface area (Å²) in [5.41, 5.74) is 0.530. The van der Waals surface area contributed by atoms with Gasteiger partial charge in [-0.1, -0.05) is 30.3 Å². The minimum atomic E-state index is -0.472. The van der Waals surface area contributed by atoms with E-state index in [4.69, 9.17) is 2.74 Å². The van der Waals surface area contributed by atoms with Crippen LogP contribution in [0.15, 0.2) is 36.4 Å². The average molecular weight is 164 g/mol. The molecule has 0 saturated carbocycles. The van der Waals surface area contributed by atoms with Gasteiger partial charge in [0, 0.05) is 6.08 Å². The molecular formula is C10H10O2. The molecule has 1 aromatic carbocycles. The number of benzene rings is 1. The summed E-state index contributed by atoms with van der Waals surface area (Å²) in [6.07, 6.45) is 2.69. The van der Waals surface area contributed by atoms with E-state index in [0.717, 1.165) is 0 Å². The second kappa shape index (κ2) is 4.34. The van der Waals surface area contributed by atoms with Gasteiger partial charge in [0.15, 0.2) is 0 Å². The third kappa shape index (κ3) is 2.58. The number of hydrogen-bond acceptors (Lipinski definition) is 2. The van der Waals surface area contributed by atoms with Crippen LogP contribution in [0.4, 0.5) is 0 Å². The highest BCUT2D eigenvalue weighted by Crippen LogP contribution is 2.00. The zero-order valence-electron chi connectivity index (χ0n) is 8.70. The molecule has 2 nitrogen and oxygen atoms in total. The maximum atomic E-state index is 10.8. The highest BCUT2D eigenvalue weighted by molar-refractivity contribution is 5.86. The van der Waals surface area contributed by atoms with E-state index in [1.165, 1.54) is 25.3 Å². The normalized spacial score (nSPS) is 12.4. The molecule has 0 spiro atoms. The molecule has 0 unspecified atom stereocenters. The molecule has 2 heteroatoms. The first-order chi connectivity index (χ1) is 6.65. The Morgan fingerprint density at radius 3 is 3.25 bits per heavy atom. The molecule has 0 aliphatic heterocycles. The number of methoxy groups -OCH3 is 1. The molecule has 0 aliphatic carbocycles. The van der Waals surface area contributed by atoms with Crippen molar-refractivity contribution in [2.75, 3.05) is 7.11 Å². The lowest BCUT2D eigenvalue weighted by molar-refractivity contribution is -0.134. The molecule has 0 radical (unpaired) electrons. The third-order valence-electron chi connectivity index (χ3n) is 1.27. The van der Waals surface area contributed by atoms with Crippen LogP contribution >= 0.6 is 0 Å². The molecule has 1 rings (SSSR count). The van der Waals surface area contributed by atoms with Gasteiger partial charge in [-0.3, -0.25) is 0 Å². The second-order valence-corrected chi connectivity index (χ2v) is 2.11. The van der Waals surface area contributed by atoms with E-state index in [-0.39, 0.29) is 12.1 Å². The molecule has 0 atom stereocenters. The van der Waals surface area contributed by atoms with Crippen molar-refractivity contribution >= 4 is 12.0 Å². The lowest BCUT2D eigenvalue weighted by Gasteiger charge is -1.91. The van der Waals surface area contributed by atoms with Crippen molar-refractivity contribution in [3.63, 3.8) is 0 Å². The molecule has 0 bridgehead atoms. The average Bonchev–Trinajstić information content (AvgIpc) is 2.20. The predicted octanol–water partition coefficient (Wildman–Crippen LogP) is 1.87. The molecule has 62 valence electrons. The Labute approximate surface area is 74.3 Å². The fraction of sp³-hybridized carbons (Fsp3) is 0.100. The number of rotatable bonds is 2. The Morgan fingerprint density at radius 2 is 2.50 bits per heavy atom. The number of esters is 1. The lowest BCUT2D eigenvalue weighted by atomic mass is 10.2. The van der Waals surface area contributed by atoms with Crippen LogP contribution in [0.5, 0.6) is 0 Å². The van der Waals surface area contributed by atoms with Gasteiger partial charge in [0.2, 0.25) is 0 Å². The highest BCUT2D eigenvalue weighted by atomic mass is 16.5. The van der Waals surface area contributed by atoms with Gasteiger partial charge in [-0.05, 0) is 11.6 Å². The summed E-state index contributed by atoms with van der Waals surface area (Å²) in [4.78, 5) is 10.8. The van der Waals surface area contributed by atoms with Crippen LogP contribution in [0, 0.1) is 0 Å². The predicted molar refractivity (Wildman–Crippen MR) is 47.5 cm³/mol. The van der Waals surface area contributed by atoms with Crippen molar-refractivity contribution in [1.82, 2.24) is 0 Å². The van der Waals surface area contributed by atoms with Crippen molar-refractivity contribution in [2.45, 2.75) is 0 Å². The fourth-order valence-electron chi connectivity index (χ4n) is 0.690.